The molecular formula is C10H12F3N5. The molecule has 0 atom stereocenters. The van der Waals surface area contributed by atoms with Gasteiger partial charge in [0.2, 0.25) is 0 Å². The molecule has 2 N–H and O–H groups in total. The largest absolute Gasteiger partial charge is 0.435 e. The lowest BCUT2D eigenvalue weighted by atomic mass is 10.3. The maximum atomic E-state index is 12.3. The standard InChI is InChI=1S/C10H12F3N5/c1-2-18-6-8(5-15-18)14-4-7-3-9(17-16-7)10(11,12)13/h3,5-6,14H,2,4H2,1H3,(H,16,17). The van der Waals surface area contributed by atoms with Gasteiger partial charge in [-0.15, -0.1) is 0 Å². The molecule has 0 bridgehead atoms. The number of halogens is 3. The summed E-state index contributed by atoms with van der Waals surface area (Å²) in [5.74, 6) is 0. The fraction of sp³-hybridized carbons (Fsp3) is 0.400. The van der Waals surface area contributed by atoms with Gasteiger partial charge in [-0.05, 0) is 13.0 Å². The van der Waals surface area contributed by atoms with E-state index in [9.17, 15) is 13.2 Å². The molecule has 18 heavy (non-hydrogen) atoms. The molecule has 0 unspecified atom stereocenters. The zero-order valence-electron chi connectivity index (χ0n) is 9.62. The van der Waals surface area contributed by atoms with Crippen molar-refractivity contribution >= 4 is 5.69 Å². The van der Waals surface area contributed by atoms with Crippen LogP contribution in [-0.4, -0.2) is 20.0 Å². The monoisotopic (exact) mass is 259 g/mol. The highest BCUT2D eigenvalue weighted by Gasteiger charge is 2.33. The summed E-state index contributed by atoms with van der Waals surface area (Å²) in [5, 5.41) is 12.6. The number of alkyl halides is 3. The van der Waals surface area contributed by atoms with E-state index in [4.69, 9.17) is 0 Å². The Morgan fingerprint density at radius 3 is 2.78 bits per heavy atom. The number of rotatable bonds is 4. The third-order valence-corrected chi connectivity index (χ3v) is 2.36. The summed E-state index contributed by atoms with van der Waals surface area (Å²) in [6.07, 6.45) is -1.02. The molecule has 2 aromatic heterocycles. The van der Waals surface area contributed by atoms with Gasteiger partial charge in [-0.3, -0.25) is 9.78 Å². The highest BCUT2D eigenvalue weighted by molar-refractivity contribution is 5.38. The Morgan fingerprint density at radius 2 is 2.22 bits per heavy atom. The first-order chi connectivity index (χ1) is 8.49. The van der Waals surface area contributed by atoms with Crippen LogP contribution in [0.25, 0.3) is 0 Å². The van der Waals surface area contributed by atoms with Crippen LogP contribution < -0.4 is 5.32 Å². The maximum Gasteiger partial charge on any atom is 0.435 e. The van der Waals surface area contributed by atoms with Crippen molar-refractivity contribution in [2.24, 2.45) is 0 Å². The summed E-state index contributed by atoms with van der Waals surface area (Å²) >= 11 is 0. The van der Waals surface area contributed by atoms with E-state index in [1.54, 1.807) is 17.1 Å². The normalized spacial score (nSPS) is 11.8. The molecule has 0 saturated carbocycles. The van der Waals surface area contributed by atoms with E-state index in [2.05, 4.69) is 20.6 Å². The summed E-state index contributed by atoms with van der Waals surface area (Å²) < 4.78 is 38.6. The van der Waals surface area contributed by atoms with E-state index in [1.165, 1.54) is 0 Å². The molecule has 0 fully saturated rings. The van der Waals surface area contributed by atoms with Crippen molar-refractivity contribution in [1.82, 2.24) is 20.0 Å². The Kier molecular flexibility index (Phi) is 3.26. The van der Waals surface area contributed by atoms with Crippen LogP contribution in [-0.2, 0) is 19.3 Å². The lowest BCUT2D eigenvalue weighted by Gasteiger charge is -2.00. The predicted octanol–water partition coefficient (Wildman–Crippen LogP) is 2.26. The molecule has 0 saturated heterocycles. The Morgan fingerprint density at radius 1 is 1.44 bits per heavy atom. The second-order valence-electron chi connectivity index (χ2n) is 3.71. The van der Waals surface area contributed by atoms with Crippen molar-refractivity contribution in [2.75, 3.05) is 5.32 Å². The minimum Gasteiger partial charge on any atom is -0.377 e. The summed E-state index contributed by atoms with van der Waals surface area (Å²) in [6, 6.07) is 0.983. The molecule has 98 valence electrons. The predicted molar refractivity (Wildman–Crippen MR) is 58.8 cm³/mol. The Balaban J connectivity index is 1.96. The number of hydrogen-bond acceptors (Lipinski definition) is 3. The summed E-state index contributed by atoms with van der Waals surface area (Å²) in [7, 11) is 0. The lowest BCUT2D eigenvalue weighted by molar-refractivity contribution is -0.141. The zero-order chi connectivity index (χ0) is 13.2. The van der Waals surface area contributed by atoms with E-state index in [1.807, 2.05) is 6.92 Å². The first-order valence-electron chi connectivity index (χ1n) is 5.37. The zero-order valence-corrected chi connectivity index (χ0v) is 9.62. The summed E-state index contributed by atoms with van der Waals surface area (Å²) in [4.78, 5) is 0. The molecule has 2 aromatic rings. The van der Waals surface area contributed by atoms with E-state index in [0.29, 0.717) is 5.69 Å². The third-order valence-electron chi connectivity index (χ3n) is 2.36. The molecule has 8 heteroatoms. The first-order valence-corrected chi connectivity index (χ1v) is 5.37. The van der Waals surface area contributed by atoms with Gasteiger partial charge >= 0.3 is 6.18 Å². The van der Waals surface area contributed by atoms with Crippen LogP contribution in [0.4, 0.5) is 18.9 Å². The molecule has 0 spiro atoms. The Labute approximate surface area is 101 Å². The van der Waals surface area contributed by atoms with Gasteiger partial charge in [0, 0.05) is 12.7 Å². The molecule has 0 aliphatic rings. The second-order valence-corrected chi connectivity index (χ2v) is 3.71. The van der Waals surface area contributed by atoms with Crippen molar-refractivity contribution in [3.63, 3.8) is 0 Å². The number of nitrogens with zero attached hydrogens (tertiary/aromatic N) is 3. The topological polar surface area (TPSA) is 58.5 Å². The van der Waals surface area contributed by atoms with Crippen LogP contribution in [0.3, 0.4) is 0 Å². The molecule has 2 rings (SSSR count). The number of aromatic nitrogens is 4. The third kappa shape index (κ3) is 2.82. The number of anilines is 1. The maximum absolute atomic E-state index is 12.3. The highest BCUT2D eigenvalue weighted by Crippen LogP contribution is 2.27. The average molecular weight is 259 g/mol. The molecule has 0 aliphatic carbocycles. The first kappa shape index (κ1) is 12.5. The van der Waals surface area contributed by atoms with Crippen LogP contribution in [0, 0.1) is 0 Å². The molecule has 5 nitrogen and oxygen atoms in total. The van der Waals surface area contributed by atoms with Crippen LogP contribution in [0.1, 0.15) is 18.3 Å². The van der Waals surface area contributed by atoms with Gasteiger partial charge in [0.15, 0.2) is 5.69 Å². The minimum atomic E-state index is -4.41. The van der Waals surface area contributed by atoms with Crippen molar-refractivity contribution in [3.05, 3.63) is 29.8 Å². The van der Waals surface area contributed by atoms with E-state index in [0.717, 1.165) is 18.3 Å². The fourth-order valence-electron chi connectivity index (χ4n) is 1.42. The van der Waals surface area contributed by atoms with Gasteiger partial charge in [0.25, 0.3) is 0 Å². The second kappa shape index (κ2) is 4.71. The molecule has 2 heterocycles. The van der Waals surface area contributed by atoms with E-state index >= 15 is 0 Å². The van der Waals surface area contributed by atoms with Gasteiger partial charge in [-0.2, -0.15) is 23.4 Å². The molecule has 0 aromatic carbocycles. The van der Waals surface area contributed by atoms with Crippen LogP contribution >= 0.6 is 0 Å². The van der Waals surface area contributed by atoms with Crippen molar-refractivity contribution in [2.45, 2.75) is 26.2 Å². The Hall–Kier alpha value is -1.99. The van der Waals surface area contributed by atoms with Crippen molar-refractivity contribution in [1.29, 1.82) is 0 Å². The average Bonchev–Trinajstić information content (AvgIpc) is 2.94. The molecule has 0 aliphatic heterocycles. The van der Waals surface area contributed by atoms with Crippen molar-refractivity contribution < 1.29 is 13.2 Å². The lowest BCUT2D eigenvalue weighted by Crippen LogP contribution is -2.04. The quantitative estimate of drug-likeness (QED) is 0.885. The number of hydrogen-bond donors (Lipinski definition) is 2. The van der Waals surface area contributed by atoms with Crippen LogP contribution in [0.2, 0.25) is 0 Å². The minimum absolute atomic E-state index is 0.235. The number of nitrogens with one attached hydrogen (secondary N) is 2. The summed E-state index contributed by atoms with van der Waals surface area (Å²) in [5.41, 5.74) is 0.204. The summed E-state index contributed by atoms with van der Waals surface area (Å²) in [6.45, 7) is 2.92. The van der Waals surface area contributed by atoms with Crippen LogP contribution in [0.5, 0.6) is 0 Å². The number of aryl methyl sites for hydroxylation is 1. The number of H-pyrrole nitrogens is 1. The van der Waals surface area contributed by atoms with E-state index < -0.39 is 11.9 Å². The van der Waals surface area contributed by atoms with E-state index in [-0.39, 0.29) is 6.54 Å². The number of aromatic amines is 1. The fourth-order valence-corrected chi connectivity index (χ4v) is 1.42. The SMILES string of the molecule is CCn1cc(NCc2cc(C(F)(F)F)n[nH]2)cn1. The highest BCUT2D eigenvalue weighted by atomic mass is 19.4. The van der Waals surface area contributed by atoms with Gasteiger partial charge < -0.3 is 5.32 Å². The smallest absolute Gasteiger partial charge is 0.377 e. The van der Waals surface area contributed by atoms with Gasteiger partial charge in [-0.25, -0.2) is 0 Å². The van der Waals surface area contributed by atoms with Crippen LogP contribution in [0.15, 0.2) is 18.5 Å². The van der Waals surface area contributed by atoms with Gasteiger partial charge in [0.1, 0.15) is 0 Å². The Bertz CT molecular complexity index is 514. The molecule has 0 radical (unpaired) electrons. The van der Waals surface area contributed by atoms with Crippen molar-refractivity contribution in [3.8, 4) is 0 Å². The molecular weight excluding hydrogens is 247 g/mol. The molecule has 0 amide bonds. The van der Waals surface area contributed by atoms with Gasteiger partial charge in [-0.1, -0.05) is 0 Å². The van der Waals surface area contributed by atoms with Gasteiger partial charge in [0.05, 0.1) is 24.1 Å².